The van der Waals surface area contributed by atoms with Crippen LogP contribution >= 0.6 is 0 Å². The summed E-state index contributed by atoms with van der Waals surface area (Å²) in [5.41, 5.74) is 0.357. The maximum Gasteiger partial charge on any atom is 0.270 e. The van der Waals surface area contributed by atoms with Gasteiger partial charge in [-0.1, -0.05) is 0 Å². The summed E-state index contributed by atoms with van der Waals surface area (Å²) < 4.78 is 23.9. The molecule has 0 aliphatic carbocycles. The zero-order chi connectivity index (χ0) is 12.6. The smallest absolute Gasteiger partial charge is 0.270 e. The van der Waals surface area contributed by atoms with Crippen LogP contribution in [-0.2, 0) is 17.1 Å². The van der Waals surface area contributed by atoms with Crippen molar-refractivity contribution in [1.82, 2.24) is 9.47 Å². The van der Waals surface area contributed by atoms with Crippen molar-refractivity contribution in [2.75, 3.05) is 13.1 Å². The topological polar surface area (TPSA) is 85.4 Å². The molecule has 1 amide bonds. The molecule has 94 valence electrons. The van der Waals surface area contributed by atoms with E-state index in [1.54, 1.807) is 11.9 Å². The van der Waals surface area contributed by atoms with Crippen LogP contribution in [0.25, 0.3) is 0 Å². The third kappa shape index (κ3) is 2.34. The van der Waals surface area contributed by atoms with Crippen LogP contribution in [0.1, 0.15) is 23.3 Å². The summed E-state index contributed by atoms with van der Waals surface area (Å²) in [5.74, 6) is -0.139. The van der Waals surface area contributed by atoms with E-state index >= 15 is 0 Å². The molecule has 0 bridgehead atoms. The molecule has 7 heteroatoms. The van der Waals surface area contributed by atoms with E-state index in [1.165, 1.54) is 16.8 Å². The maximum atomic E-state index is 12.1. The van der Waals surface area contributed by atoms with Crippen LogP contribution in [0.2, 0.25) is 0 Å². The molecule has 2 rings (SSSR count). The number of nitrogens with zero attached hydrogens (tertiary/aromatic N) is 2. The molecule has 0 saturated carbocycles. The van der Waals surface area contributed by atoms with Crippen molar-refractivity contribution in [3.05, 3.63) is 18.0 Å². The fraction of sp³-hybridized carbons (Fsp3) is 0.500. The standard InChI is InChI=1S/C10H15N3O3S/c1-12-7-8(17(11,15)16)6-9(12)10(14)13-4-2-3-5-13/h6-7H,2-5H2,1H3,(H2,11,15,16). The molecule has 1 aromatic heterocycles. The van der Waals surface area contributed by atoms with E-state index in [0.717, 1.165) is 25.9 Å². The van der Waals surface area contributed by atoms with Gasteiger partial charge >= 0.3 is 0 Å². The Labute approximate surface area is 100 Å². The quantitative estimate of drug-likeness (QED) is 0.803. The Bertz CT molecular complexity index is 541. The van der Waals surface area contributed by atoms with Crippen molar-refractivity contribution in [2.24, 2.45) is 12.2 Å². The molecule has 2 heterocycles. The van der Waals surface area contributed by atoms with E-state index in [4.69, 9.17) is 5.14 Å². The second kappa shape index (κ2) is 4.15. The van der Waals surface area contributed by atoms with Gasteiger partial charge in [-0.05, 0) is 18.9 Å². The highest BCUT2D eigenvalue weighted by atomic mass is 32.2. The predicted molar refractivity (Wildman–Crippen MR) is 61.9 cm³/mol. The summed E-state index contributed by atoms with van der Waals surface area (Å²) in [4.78, 5) is 13.8. The number of carbonyl (C=O) groups excluding carboxylic acids is 1. The van der Waals surface area contributed by atoms with Crippen LogP contribution < -0.4 is 5.14 Å². The molecule has 0 radical (unpaired) electrons. The maximum absolute atomic E-state index is 12.1. The van der Waals surface area contributed by atoms with Gasteiger partial charge < -0.3 is 9.47 Å². The van der Waals surface area contributed by atoms with Gasteiger partial charge in [-0.2, -0.15) is 0 Å². The molecule has 0 unspecified atom stereocenters. The minimum Gasteiger partial charge on any atom is -0.345 e. The van der Waals surface area contributed by atoms with E-state index in [2.05, 4.69) is 0 Å². The second-order valence-corrected chi connectivity index (χ2v) is 5.78. The first kappa shape index (κ1) is 12.1. The number of sulfonamides is 1. The Morgan fingerprint density at radius 2 is 1.94 bits per heavy atom. The first-order chi connectivity index (χ1) is 7.89. The van der Waals surface area contributed by atoms with Crippen LogP contribution in [0.3, 0.4) is 0 Å². The van der Waals surface area contributed by atoms with Crippen molar-refractivity contribution in [3.63, 3.8) is 0 Å². The van der Waals surface area contributed by atoms with Gasteiger partial charge in [-0.25, -0.2) is 13.6 Å². The molecule has 1 fully saturated rings. The summed E-state index contributed by atoms with van der Waals surface area (Å²) in [5, 5.41) is 5.03. The molecule has 2 N–H and O–H groups in total. The minimum atomic E-state index is -3.75. The Morgan fingerprint density at radius 3 is 2.41 bits per heavy atom. The van der Waals surface area contributed by atoms with Crippen molar-refractivity contribution >= 4 is 15.9 Å². The van der Waals surface area contributed by atoms with Crippen molar-refractivity contribution in [3.8, 4) is 0 Å². The van der Waals surface area contributed by atoms with Gasteiger partial charge in [-0.15, -0.1) is 0 Å². The highest BCUT2D eigenvalue weighted by Gasteiger charge is 2.23. The molecule has 0 atom stereocenters. The van der Waals surface area contributed by atoms with E-state index in [-0.39, 0.29) is 10.8 Å². The van der Waals surface area contributed by atoms with Crippen LogP contribution in [-0.4, -0.2) is 36.9 Å². The van der Waals surface area contributed by atoms with Crippen molar-refractivity contribution in [2.45, 2.75) is 17.7 Å². The fourth-order valence-electron chi connectivity index (χ4n) is 1.98. The zero-order valence-corrected chi connectivity index (χ0v) is 10.4. The summed E-state index contributed by atoms with van der Waals surface area (Å²) in [6.45, 7) is 1.46. The van der Waals surface area contributed by atoms with Gasteiger partial charge in [0, 0.05) is 26.3 Å². The van der Waals surface area contributed by atoms with Gasteiger partial charge in [0.15, 0.2) is 0 Å². The lowest BCUT2D eigenvalue weighted by Crippen LogP contribution is -2.29. The number of nitrogens with two attached hydrogens (primary N) is 1. The summed E-state index contributed by atoms with van der Waals surface area (Å²) in [6.07, 6.45) is 3.36. The first-order valence-corrected chi connectivity index (χ1v) is 6.92. The van der Waals surface area contributed by atoms with Crippen molar-refractivity contribution in [1.29, 1.82) is 0 Å². The summed E-state index contributed by atoms with van der Waals surface area (Å²) in [7, 11) is -2.12. The number of amides is 1. The molecule has 1 aromatic rings. The molecule has 0 aromatic carbocycles. The number of hydrogen-bond donors (Lipinski definition) is 1. The van der Waals surface area contributed by atoms with Gasteiger partial charge in [-0.3, -0.25) is 4.79 Å². The number of primary sulfonamides is 1. The highest BCUT2D eigenvalue weighted by Crippen LogP contribution is 2.16. The molecule has 1 aliphatic heterocycles. The zero-order valence-electron chi connectivity index (χ0n) is 9.59. The predicted octanol–water partition coefficient (Wildman–Crippen LogP) is -0.0915. The summed E-state index contributed by atoms with van der Waals surface area (Å²) in [6, 6.07) is 1.33. The Morgan fingerprint density at radius 1 is 1.35 bits per heavy atom. The van der Waals surface area contributed by atoms with Gasteiger partial charge in [0.2, 0.25) is 10.0 Å². The average molecular weight is 257 g/mol. The first-order valence-electron chi connectivity index (χ1n) is 5.38. The number of aromatic nitrogens is 1. The third-order valence-electron chi connectivity index (χ3n) is 2.92. The van der Waals surface area contributed by atoms with Crippen LogP contribution in [0.15, 0.2) is 17.2 Å². The Balaban J connectivity index is 2.33. The molecule has 17 heavy (non-hydrogen) atoms. The molecular formula is C10H15N3O3S. The number of likely N-dealkylation sites (tertiary alicyclic amines) is 1. The van der Waals surface area contributed by atoms with E-state index < -0.39 is 10.0 Å². The largest absolute Gasteiger partial charge is 0.345 e. The monoisotopic (exact) mass is 257 g/mol. The fourth-order valence-corrected chi connectivity index (χ4v) is 2.57. The normalized spacial score (nSPS) is 16.5. The number of rotatable bonds is 2. The van der Waals surface area contributed by atoms with Gasteiger partial charge in [0.25, 0.3) is 5.91 Å². The van der Waals surface area contributed by atoms with E-state index in [0.29, 0.717) is 5.69 Å². The number of carbonyl (C=O) groups is 1. The SMILES string of the molecule is Cn1cc(S(N)(=O)=O)cc1C(=O)N1CCCC1. The number of aryl methyl sites for hydroxylation is 1. The third-order valence-corrected chi connectivity index (χ3v) is 3.80. The molecule has 1 saturated heterocycles. The lowest BCUT2D eigenvalue weighted by atomic mass is 10.3. The van der Waals surface area contributed by atoms with Crippen LogP contribution in [0, 0.1) is 0 Å². The molecule has 0 spiro atoms. The van der Waals surface area contributed by atoms with Gasteiger partial charge in [0.1, 0.15) is 10.6 Å². The molecule has 1 aliphatic rings. The Kier molecular flexibility index (Phi) is 2.96. The van der Waals surface area contributed by atoms with Crippen LogP contribution in [0.4, 0.5) is 0 Å². The Hall–Kier alpha value is -1.34. The number of hydrogen-bond acceptors (Lipinski definition) is 3. The highest BCUT2D eigenvalue weighted by molar-refractivity contribution is 7.89. The lowest BCUT2D eigenvalue weighted by molar-refractivity contribution is 0.0783. The van der Waals surface area contributed by atoms with Crippen molar-refractivity contribution < 1.29 is 13.2 Å². The average Bonchev–Trinajstić information content (AvgIpc) is 2.83. The van der Waals surface area contributed by atoms with Gasteiger partial charge in [0.05, 0.1) is 0 Å². The lowest BCUT2D eigenvalue weighted by Gasteiger charge is -2.15. The second-order valence-electron chi connectivity index (χ2n) is 4.22. The van der Waals surface area contributed by atoms with Crippen LogP contribution in [0.5, 0.6) is 0 Å². The minimum absolute atomic E-state index is 0.0254. The molecular weight excluding hydrogens is 242 g/mol. The summed E-state index contributed by atoms with van der Waals surface area (Å²) >= 11 is 0. The van der Waals surface area contributed by atoms with E-state index in [1.807, 2.05) is 0 Å². The van der Waals surface area contributed by atoms with E-state index in [9.17, 15) is 13.2 Å². The molecule has 6 nitrogen and oxygen atoms in total.